The Kier molecular flexibility index (Phi) is 5.49. The first-order chi connectivity index (χ1) is 16.9. The lowest BCUT2D eigenvalue weighted by molar-refractivity contribution is -0.125. The molecule has 0 unspecified atom stereocenters. The van der Waals surface area contributed by atoms with Crippen molar-refractivity contribution in [3.8, 4) is 5.69 Å². The van der Waals surface area contributed by atoms with Gasteiger partial charge in [0.1, 0.15) is 5.82 Å². The quantitative estimate of drug-likeness (QED) is 0.480. The largest absolute Gasteiger partial charge is 0.393 e. The summed E-state index contributed by atoms with van der Waals surface area (Å²) in [5.74, 6) is 1.17. The number of aromatic nitrogens is 4. The first-order valence-corrected chi connectivity index (χ1v) is 11.8. The van der Waals surface area contributed by atoms with Gasteiger partial charge in [-0.05, 0) is 25.0 Å². The highest BCUT2D eigenvalue weighted by atomic mass is 19.3. The fraction of sp³-hybridized carbons (Fsp3) is 0.478. The smallest absolute Gasteiger partial charge is 0.263 e. The monoisotopic (exact) mass is 484 g/mol. The maximum Gasteiger partial charge on any atom is 0.263 e. The molecule has 0 atom stereocenters. The Labute approximate surface area is 199 Å². The SMILES string of the molecule is O=C1CN(C2CN(c3nc(N[C@H]4C[C@H](O)C4)nc4c3cnn4-c3cccc(C(F)F)c3)C2)CCN1. The molecule has 3 aliphatic rings. The van der Waals surface area contributed by atoms with Crippen molar-refractivity contribution in [2.75, 3.05) is 42.9 Å². The first kappa shape index (κ1) is 22.1. The number of nitrogens with zero attached hydrogens (tertiary/aromatic N) is 6. The number of anilines is 2. The molecule has 0 bridgehead atoms. The number of benzene rings is 1. The second-order valence-electron chi connectivity index (χ2n) is 9.41. The van der Waals surface area contributed by atoms with E-state index in [9.17, 15) is 18.7 Å². The predicted molar refractivity (Wildman–Crippen MR) is 125 cm³/mol. The van der Waals surface area contributed by atoms with Crippen LogP contribution in [-0.4, -0.2) is 86.6 Å². The van der Waals surface area contributed by atoms with Crippen molar-refractivity contribution < 1.29 is 18.7 Å². The van der Waals surface area contributed by atoms with Gasteiger partial charge in [-0.25, -0.2) is 13.5 Å². The number of carbonyl (C=O) groups excluding carboxylic acids is 1. The second-order valence-corrected chi connectivity index (χ2v) is 9.41. The Hall–Kier alpha value is -3.38. The van der Waals surface area contributed by atoms with Crippen LogP contribution in [0.1, 0.15) is 24.8 Å². The zero-order chi connectivity index (χ0) is 24.1. The van der Waals surface area contributed by atoms with E-state index in [0.29, 0.717) is 62.1 Å². The molecule has 10 nitrogen and oxygen atoms in total. The summed E-state index contributed by atoms with van der Waals surface area (Å²) >= 11 is 0. The minimum absolute atomic E-state index is 0.0422. The van der Waals surface area contributed by atoms with Gasteiger partial charge in [0.05, 0.1) is 29.9 Å². The normalized spacial score (nSPS) is 23.3. The highest BCUT2D eigenvalue weighted by Crippen LogP contribution is 2.33. The summed E-state index contributed by atoms with van der Waals surface area (Å²) in [6.07, 6.45) is -0.00161. The first-order valence-electron chi connectivity index (χ1n) is 11.8. The van der Waals surface area contributed by atoms with Crippen LogP contribution in [0.5, 0.6) is 0 Å². The van der Waals surface area contributed by atoms with Crippen molar-refractivity contribution in [1.29, 1.82) is 0 Å². The molecule has 1 amide bonds. The summed E-state index contributed by atoms with van der Waals surface area (Å²) in [6, 6.07) is 6.42. The fourth-order valence-electron chi connectivity index (χ4n) is 4.90. The van der Waals surface area contributed by atoms with Crippen LogP contribution >= 0.6 is 0 Å². The highest BCUT2D eigenvalue weighted by molar-refractivity contribution is 5.89. The molecule has 1 aliphatic carbocycles. The lowest BCUT2D eigenvalue weighted by Crippen LogP contribution is -2.64. The molecule has 3 N–H and O–H groups in total. The number of halogens is 2. The molecule has 2 saturated heterocycles. The van der Waals surface area contributed by atoms with Gasteiger partial charge in [0, 0.05) is 43.8 Å². The number of carbonyl (C=O) groups is 1. The number of aliphatic hydroxyl groups excluding tert-OH is 1. The third kappa shape index (κ3) is 4.16. The van der Waals surface area contributed by atoms with Crippen LogP contribution in [0.4, 0.5) is 20.5 Å². The van der Waals surface area contributed by atoms with Gasteiger partial charge in [-0.3, -0.25) is 9.69 Å². The van der Waals surface area contributed by atoms with Gasteiger partial charge in [-0.2, -0.15) is 15.1 Å². The van der Waals surface area contributed by atoms with E-state index in [-0.39, 0.29) is 29.7 Å². The molecule has 1 aromatic carbocycles. The average molecular weight is 485 g/mol. The Balaban J connectivity index is 1.33. The minimum Gasteiger partial charge on any atom is -0.393 e. The van der Waals surface area contributed by atoms with Crippen molar-refractivity contribution in [1.82, 2.24) is 30.0 Å². The van der Waals surface area contributed by atoms with E-state index in [0.717, 1.165) is 11.9 Å². The molecule has 2 aliphatic heterocycles. The molecule has 12 heteroatoms. The van der Waals surface area contributed by atoms with Crippen LogP contribution < -0.4 is 15.5 Å². The number of fused-ring (bicyclic) bond motifs is 1. The van der Waals surface area contributed by atoms with Gasteiger partial charge in [-0.1, -0.05) is 12.1 Å². The Bertz CT molecular complexity index is 1260. The van der Waals surface area contributed by atoms with Crippen molar-refractivity contribution >= 4 is 28.7 Å². The predicted octanol–water partition coefficient (Wildman–Crippen LogP) is 1.31. The zero-order valence-electron chi connectivity index (χ0n) is 18.9. The number of rotatable bonds is 6. The van der Waals surface area contributed by atoms with E-state index in [2.05, 4.69) is 30.5 Å². The highest BCUT2D eigenvalue weighted by Gasteiger charge is 2.36. The van der Waals surface area contributed by atoms with Crippen LogP contribution in [0.2, 0.25) is 0 Å². The Morgan fingerprint density at radius 3 is 2.77 bits per heavy atom. The molecule has 1 saturated carbocycles. The third-order valence-electron chi connectivity index (χ3n) is 6.97. The van der Waals surface area contributed by atoms with Crippen LogP contribution in [0.25, 0.3) is 16.7 Å². The van der Waals surface area contributed by atoms with E-state index >= 15 is 0 Å². The molecule has 2 aromatic heterocycles. The van der Waals surface area contributed by atoms with E-state index in [1.807, 2.05) is 0 Å². The fourth-order valence-corrected chi connectivity index (χ4v) is 4.90. The summed E-state index contributed by atoms with van der Waals surface area (Å²) in [7, 11) is 0. The maximum atomic E-state index is 13.3. The molecule has 3 aromatic rings. The maximum absolute atomic E-state index is 13.3. The van der Waals surface area contributed by atoms with Crippen molar-refractivity contribution in [3.63, 3.8) is 0 Å². The summed E-state index contributed by atoms with van der Waals surface area (Å²) in [4.78, 5) is 25.5. The summed E-state index contributed by atoms with van der Waals surface area (Å²) in [5, 5.41) is 21.0. The van der Waals surface area contributed by atoms with Crippen molar-refractivity contribution in [2.24, 2.45) is 0 Å². The molecule has 184 valence electrons. The number of hydrogen-bond donors (Lipinski definition) is 3. The average Bonchev–Trinajstić information content (AvgIpc) is 3.21. The molecular weight excluding hydrogens is 458 g/mol. The minimum atomic E-state index is -2.58. The molecular formula is C23H26F2N8O2. The Morgan fingerprint density at radius 2 is 2.03 bits per heavy atom. The topological polar surface area (TPSA) is 111 Å². The lowest BCUT2D eigenvalue weighted by atomic mass is 9.90. The molecule has 6 rings (SSSR count). The zero-order valence-corrected chi connectivity index (χ0v) is 18.9. The Morgan fingerprint density at radius 1 is 1.20 bits per heavy atom. The standard InChI is InChI=1S/C23H26F2N8O2/c24-20(25)13-2-1-3-15(6-13)33-22-18(9-27-33)21(29-23(30-22)28-14-7-17(34)8-14)32-10-16(11-32)31-5-4-26-19(35)12-31/h1-3,6,9,14,16-17,20,34H,4-5,7-8,10-12H2,(H,26,35)(H,28,29,30)/t14-,17-. The molecule has 35 heavy (non-hydrogen) atoms. The molecule has 0 radical (unpaired) electrons. The van der Waals surface area contributed by atoms with Gasteiger partial charge < -0.3 is 20.6 Å². The summed E-state index contributed by atoms with van der Waals surface area (Å²) < 4.78 is 28.2. The van der Waals surface area contributed by atoms with Gasteiger partial charge in [0.2, 0.25) is 11.9 Å². The summed E-state index contributed by atoms with van der Waals surface area (Å²) in [5.41, 5.74) is 0.927. The second kappa shape index (κ2) is 8.68. The van der Waals surface area contributed by atoms with Crippen molar-refractivity contribution in [2.45, 2.75) is 37.5 Å². The van der Waals surface area contributed by atoms with Gasteiger partial charge in [-0.15, -0.1) is 0 Å². The number of aliphatic hydroxyl groups is 1. The summed E-state index contributed by atoms with van der Waals surface area (Å²) in [6.45, 7) is 3.30. The lowest BCUT2D eigenvalue weighted by Gasteiger charge is -2.47. The molecule has 0 spiro atoms. The van der Waals surface area contributed by atoms with Crippen LogP contribution in [0.3, 0.4) is 0 Å². The van der Waals surface area contributed by atoms with Gasteiger partial charge in [0.25, 0.3) is 6.43 Å². The number of piperazine rings is 1. The number of nitrogens with one attached hydrogen (secondary N) is 2. The van der Waals surface area contributed by atoms with Crippen LogP contribution in [0, 0.1) is 0 Å². The number of amides is 1. The molecule has 4 heterocycles. The van der Waals surface area contributed by atoms with E-state index in [1.54, 1.807) is 23.0 Å². The van der Waals surface area contributed by atoms with Crippen LogP contribution in [0.15, 0.2) is 30.5 Å². The van der Waals surface area contributed by atoms with Gasteiger partial charge in [0.15, 0.2) is 5.65 Å². The number of alkyl halides is 2. The third-order valence-corrected chi connectivity index (χ3v) is 6.97. The van der Waals surface area contributed by atoms with Gasteiger partial charge >= 0.3 is 0 Å². The van der Waals surface area contributed by atoms with Crippen LogP contribution in [-0.2, 0) is 4.79 Å². The van der Waals surface area contributed by atoms with E-state index < -0.39 is 6.43 Å². The van der Waals surface area contributed by atoms with Crippen molar-refractivity contribution in [3.05, 3.63) is 36.0 Å². The van der Waals surface area contributed by atoms with E-state index in [4.69, 9.17) is 4.98 Å². The molecule has 3 fully saturated rings. The number of hydrogen-bond acceptors (Lipinski definition) is 8. The van der Waals surface area contributed by atoms with E-state index in [1.165, 1.54) is 12.1 Å².